The third-order valence-corrected chi connectivity index (χ3v) is 8.13. The molecule has 5 heteroatoms. The van der Waals surface area contributed by atoms with Gasteiger partial charge in [-0.25, -0.2) is 0 Å². The molecule has 1 fully saturated rings. The molecule has 0 atom stereocenters. The van der Waals surface area contributed by atoms with Gasteiger partial charge >= 0.3 is 7.12 Å². The molecule has 32 heavy (non-hydrogen) atoms. The number of nitrogens with zero attached hydrogens (tertiary/aromatic N) is 1. The van der Waals surface area contributed by atoms with E-state index in [0.29, 0.717) is 0 Å². The molecule has 158 valence electrons. The van der Waals surface area contributed by atoms with E-state index in [9.17, 15) is 0 Å². The third kappa shape index (κ3) is 2.96. The summed E-state index contributed by atoms with van der Waals surface area (Å²) in [6, 6.07) is 23.7. The van der Waals surface area contributed by atoms with Gasteiger partial charge in [0.1, 0.15) is 0 Å². The Hall–Kier alpha value is -2.60. The van der Waals surface area contributed by atoms with Crippen molar-refractivity contribution < 1.29 is 9.31 Å². The van der Waals surface area contributed by atoms with Crippen LogP contribution in [-0.2, 0) is 9.31 Å². The van der Waals surface area contributed by atoms with E-state index < -0.39 is 0 Å². The highest BCUT2D eigenvalue weighted by molar-refractivity contribution is 7.99. The van der Waals surface area contributed by atoms with E-state index >= 15 is 0 Å². The fraction of sp³-hybridized carbons (Fsp3) is 0.222. The van der Waals surface area contributed by atoms with Gasteiger partial charge in [0.05, 0.1) is 16.7 Å². The first-order chi connectivity index (χ1) is 15.3. The van der Waals surface area contributed by atoms with Crippen molar-refractivity contribution >= 4 is 35.2 Å². The van der Waals surface area contributed by atoms with Crippen molar-refractivity contribution in [2.45, 2.75) is 48.7 Å². The largest absolute Gasteiger partial charge is 0.494 e. The summed E-state index contributed by atoms with van der Waals surface area (Å²) in [5, 5.41) is 1.24. The maximum atomic E-state index is 6.24. The lowest BCUT2D eigenvalue weighted by molar-refractivity contribution is 0.00578. The van der Waals surface area contributed by atoms with Crippen LogP contribution >= 0.6 is 11.8 Å². The van der Waals surface area contributed by atoms with Gasteiger partial charge in [0, 0.05) is 26.9 Å². The van der Waals surface area contributed by atoms with Crippen molar-refractivity contribution in [1.82, 2.24) is 4.98 Å². The fourth-order valence-corrected chi connectivity index (χ4v) is 5.60. The second kappa shape index (κ2) is 6.95. The first kappa shape index (κ1) is 20.0. The van der Waals surface area contributed by atoms with Gasteiger partial charge < -0.3 is 9.31 Å². The van der Waals surface area contributed by atoms with Crippen LogP contribution in [0.25, 0.3) is 33.2 Å². The Bertz CT molecular complexity index is 1350. The summed E-state index contributed by atoms with van der Waals surface area (Å²) in [4.78, 5) is 7.19. The summed E-state index contributed by atoms with van der Waals surface area (Å²) in [5.41, 5.74) is 6.33. The molecule has 2 aliphatic heterocycles. The average molecular weight is 437 g/mol. The highest BCUT2D eigenvalue weighted by Gasteiger charge is 2.51. The van der Waals surface area contributed by atoms with Gasteiger partial charge in [0.25, 0.3) is 0 Å². The Kier molecular flexibility index (Phi) is 4.35. The summed E-state index contributed by atoms with van der Waals surface area (Å²) in [5.74, 6) is 0. The molecule has 6 rings (SSSR count). The molecule has 0 radical (unpaired) electrons. The Morgan fingerprint density at radius 1 is 0.750 bits per heavy atom. The molecule has 3 nitrogen and oxygen atoms in total. The van der Waals surface area contributed by atoms with E-state index in [1.807, 2.05) is 18.0 Å². The predicted octanol–water partition coefficient (Wildman–Crippen LogP) is 6.33. The number of hydrogen-bond donors (Lipinski definition) is 0. The third-order valence-electron chi connectivity index (χ3n) is 6.99. The predicted molar refractivity (Wildman–Crippen MR) is 132 cm³/mol. The van der Waals surface area contributed by atoms with E-state index in [-0.39, 0.29) is 18.3 Å². The fourth-order valence-electron chi connectivity index (χ4n) is 4.50. The molecule has 0 unspecified atom stereocenters. The zero-order valence-corrected chi connectivity index (χ0v) is 19.5. The first-order valence-electron chi connectivity index (χ1n) is 11.0. The van der Waals surface area contributed by atoms with Crippen LogP contribution in [0.3, 0.4) is 0 Å². The number of hydrogen-bond acceptors (Lipinski definition) is 4. The second-order valence-electron chi connectivity index (χ2n) is 9.50. The lowest BCUT2D eigenvalue weighted by Crippen LogP contribution is -2.41. The average Bonchev–Trinajstić information content (AvgIpc) is 3.01. The number of rotatable bonds is 2. The molecule has 0 spiro atoms. The Balaban J connectivity index is 1.47. The summed E-state index contributed by atoms with van der Waals surface area (Å²) >= 11 is 1.82. The van der Waals surface area contributed by atoms with Gasteiger partial charge in [-0.3, -0.25) is 4.98 Å². The molecule has 3 aromatic carbocycles. The van der Waals surface area contributed by atoms with Crippen molar-refractivity contribution in [3.63, 3.8) is 0 Å². The molecular weight excluding hydrogens is 413 g/mol. The molecule has 0 N–H and O–H groups in total. The van der Waals surface area contributed by atoms with Gasteiger partial charge in [-0.2, -0.15) is 0 Å². The van der Waals surface area contributed by atoms with Gasteiger partial charge in [-0.15, -0.1) is 0 Å². The maximum absolute atomic E-state index is 6.24. The summed E-state index contributed by atoms with van der Waals surface area (Å²) in [6.07, 6.45) is 1.90. The van der Waals surface area contributed by atoms with Crippen molar-refractivity contribution in [2.75, 3.05) is 0 Å². The van der Waals surface area contributed by atoms with Crippen molar-refractivity contribution in [2.24, 2.45) is 0 Å². The topological polar surface area (TPSA) is 31.4 Å². The maximum Gasteiger partial charge on any atom is 0.494 e. The van der Waals surface area contributed by atoms with Crippen molar-refractivity contribution in [1.29, 1.82) is 0 Å². The van der Waals surface area contributed by atoms with Crippen LogP contribution in [-0.4, -0.2) is 23.3 Å². The molecule has 0 amide bonds. The van der Waals surface area contributed by atoms with Gasteiger partial charge in [0.15, 0.2) is 0 Å². The monoisotopic (exact) mass is 437 g/mol. The summed E-state index contributed by atoms with van der Waals surface area (Å²) in [7, 11) is -0.350. The summed E-state index contributed by atoms with van der Waals surface area (Å²) < 4.78 is 12.5. The molecule has 0 saturated carbocycles. The first-order valence-corrected chi connectivity index (χ1v) is 11.8. The lowest BCUT2D eigenvalue weighted by Gasteiger charge is -2.32. The number of fused-ring (bicyclic) bond motifs is 2. The van der Waals surface area contributed by atoms with Gasteiger partial charge in [-0.05, 0) is 68.0 Å². The number of pyridine rings is 1. The molecular formula is C27H24BNO2S. The number of benzene rings is 3. The second-order valence-corrected chi connectivity index (χ2v) is 10.6. The molecule has 4 aromatic rings. The minimum atomic E-state index is -0.350. The van der Waals surface area contributed by atoms with Crippen LogP contribution in [0.5, 0.6) is 0 Å². The molecule has 1 aromatic heterocycles. The van der Waals surface area contributed by atoms with Crippen LogP contribution in [0.1, 0.15) is 27.7 Å². The molecule has 1 saturated heterocycles. The Morgan fingerprint density at radius 3 is 2.22 bits per heavy atom. The minimum Gasteiger partial charge on any atom is -0.399 e. The van der Waals surface area contributed by atoms with E-state index in [2.05, 4.69) is 99.4 Å². The van der Waals surface area contributed by atoms with E-state index in [1.54, 1.807) is 0 Å². The van der Waals surface area contributed by atoms with Crippen LogP contribution in [0.15, 0.2) is 82.7 Å². The van der Waals surface area contributed by atoms with E-state index in [4.69, 9.17) is 9.31 Å². The molecule has 0 bridgehead atoms. The van der Waals surface area contributed by atoms with E-state index in [0.717, 1.165) is 11.0 Å². The molecule has 3 heterocycles. The zero-order chi connectivity index (χ0) is 22.1. The van der Waals surface area contributed by atoms with Crippen LogP contribution in [0.4, 0.5) is 0 Å². The standard InChI is InChI=1S/C27H24BNO2S/c1-26(2)27(3,4)31-28(30-26)18-11-9-17(10-12-18)19-13-14-21-25-23(15-16-29-21)32-22-8-6-5-7-20(22)24(19)25/h5-16H,1-4H3. The van der Waals surface area contributed by atoms with Crippen molar-refractivity contribution in [3.05, 3.63) is 72.9 Å². The lowest BCUT2D eigenvalue weighted by atomic mass is 9.78. The SMILES string of the molecule is CC1(C)OB(c2ccc(-c3ccc4nccc5c4c3-c3ccccc3S5)cc2)OC1(C)C. The minimum absolute atomic E-state index is 0.344. The van der Waals surface area contributed by atoms with Crippen LogP contribution in [0, 0.1) is 0 Å². The quantitative estimate of drug-likeness (QED) is 0.302. The van der Waals surface area contributed by atoms with Crippen LogP contribution < -0.4 is 5.46 Å². The summed E-state index contributed by atoms with van der Waals surface area (Å²) in [6.45, 7) is 8.34. The van der Waals surface area contributed by atoms with E-state index in [1.165, 1.54) is 37.4 Å². The smallest absolute Gasteiger partial charge is 0.399 e. The highest BCUT2D eigenvalue weighted by Crippen LogP contribution is 2.50. The zero-order valence-electron chi connectivity index (χ0n) is 18.7. The van der Waals surface area contributed by atoms with Crippen molar-refractivity contribution in [3.8, 4) is 22.3 Å². The normalized spacial score (nSPS) is 18.1. The molecule has 2 aliphatic rings. The highest BCUT2D eigenvalue weighted by atomic mass is 32.2. The Morgan fingerprint density at radius 2 is 1.47 bits per heavy atom. The Labute approximate surface area is 193 Å². The van der Waals surface area contributed by atoms with Crippen LogP contribution in [0.2, 0.25) is 0 Å². The van der Waals surface area contributed by atoms with Gasteiger partial charge in [-0.1, -0.05) is 60.3 Å². The van der Waals surface area contributed by atoms with Gasteiger partial charge in [0.2, 0.25) is 0 Å². The number of aromatic nitrogens is 1. The molecule has 0 aliphatic carbocycles.